The Bertz CT molecular complexity index is 400. The molecule has 0 radical (unpaired) electrons. The lowest BCUT2D eigenvalue weighted by Gasteiger charge is -2.25. The quantitative estimate of drug-likeness (QED) is 0.503. The third-order valence-corrected chi connectivity index (χ3v) is 3.21. The average Bonchev–Trinajstić information content (AvgIpc) is 2.81. The molecule has 120 valence electrons. The normalized spacial score (nSPS) is 13.0. The Labute approximate surface area is 128 Å². The van der Waals surface area contributed by atoms with Crippen LogP contribution in [0.2, 0.25) is 0 Å². The number of hydrogen-bond donors (Lipinski definition) is 1. The third kappa shape index (κ3) is 8.05. The van der Waals surface area contributed by atoms with Crippen LogP contribution in [0.5, 0.6) is 0 Å². The van der Waals surface area contributed by atoms with E-state index in [1.54, 1.807) is 6.08 Å². The highest BCUT2D eigenvalue weighted by molar-refractivity contribution is 5.05. The lowest BCUT2D eigenvalue weighted by atomic mass is 10.1. The minimum absolute atomic E-state index is 0.335. The molecule has 0 aliphatic heterocycles. The fourth-order valence-electron chi connectivity index (χ4n) is 2.10. The first kappa shape index (κ1) is 18.0. The van der Waals surface area contributed by atoms with Crippen molar-refractivity contribution in [3.63, 3.8) is 0 Å². The highest BCUT2D eigenvalue weighted by Gasteiger charge is 2.14. The van der Waals surface area contributed by atoms with E-state index >= 15 is 0 Å². The van der Waals surface area contributed by atoms with Crippen molar-refractivity contribution in [2.45, 2.75) is 39.8 Å². The second-order valence-electron chi connectivity index (χ2n) is 5.91. The zero-order valence-corrected chi connectivity index (χ0v) is 13.5. The lowest BCUT2D eigenvalue weighted by Crippen LogP contribution is -2.35. The maximum Gasteiger partial charge on any atom is 0.118 e. The number of rotatable bonds is 11. The minimum atomic E-state index is -0.492. The fourth-order valence-corrected chi connectivity index (χ4v) is 2.10. The molecular weight excluding hydrogens is 266 g/mol. The summed E-state index contributed by atoms with van der Waals surface area (Å²) in [5, 5.41) is 10.1. The largest absolute Gasteiger partial charge is 0.465 e. The maximum atomic E-state index is 10.1. The smallest absolute Gasteiger partial charge is 0.118 e. The summed E-state index contributed by atoms with van der Waals surface area (Å²) in [7, 11) is 0. The van der Waals surface area contributed by atoms with Crippen LogP contribution in [0.4, 0.5) is 0 Å². The van der Waals surface area contributed by atoms with Gasteiger partial charge in [-0.25, -0.2) is 0 Å². The van der Waals surface area contributed by atoms with E-state index in [-0.39, 0.29) is 0 Å². The molecule has 0 spiro atoms. The van der Waals surface area contributed by atoms with Crippen LogP contribution in [0.1, 0.15) is 31.8 Å². The first-order valence-corrected chi connectivity index (χ1v) is 7.65. The molecule has 0 amide bonds. The molecule has 0 aliphatic rings. The number of aliphatic hydroxyl groups is 1. The molecule has 4 heteroatoms. The Hall–Kier alpha value is -1.10. The topological polar surface area (TPSA) is 45.8 Å². The van der Waals surface area contributed by atoms with Crippen molar-refractivity contribution in [2.75, 3.05) is 26.3 Å². The van der Waals surface area contributed by atoms with E-state index in [4.69, 9.17) is 9.15 Å². The van der Waals surface area contributed by atoms with Crippen molar-refractivity contribution in [3.05, 3.63) is 36.3 Å². The maximum absolute atomic E-state index is 10.1. The zero-order chi connectivity index (χ0) is 15.7. The molecule has 4 nitrogen and oxygen atoms in total. The van der Waals surface area contributed by atoms with Crippen LogP contribution in [0.3, 0.4) is 0 Å². The van der Waals surface area contributed by atoms with Gasteiger partial charge in [0.1, 0.15) is 11.5 Å². The summed E-state index contributed by atoms with van der Waals surface area (Å²) in [6, 6.07) is 3.97. The van der Waals surface area contributed by atoms with Crippen LogP contribution in [0.15, 0.2) is 29.2 Å². The van der Waals surface area contributed by atoms with Gasteiger partial charge in [-0.15, -0.1) is 6.58 Å². The van der Waals surface area contributed by atoms with Gasteiger partial charge in [0, 0.05) is 6.54 Å². The van der Waals surface area contributed by atoms with E-state index in [1.807, 2.05) is 19.1 Å². The van der Waals surface area contributed by atoms with Gasteiger partial charge in [0.05, 0.1) is 25.9 Å². The summed E-state index contributed by atoms with van der Waals surface area (Å²) >= 11 is 0. The van der Waals surface area contributed by atoms with Crippen molar-refractivity contribution in [1.82, 2.24) is 4.90 Å². The molecule has 0 bridgehead atoms. The fraction of sp³-hybridized carbons (Fsp3) is 0.647. The van der Waals surface area contributed by atoms with Crippen LogP contribution in [-0.2, 0) is 11.3 Å². The van der Waals surface area contributed by atoms with Crippen LogP contribution in [-0.4, -0.2) is 42.4 Å². The summed E-state index contributed by atoms with van der Waals surface area (Å²) in [4.78, 5) is 2.22. The minimum Gasteiger partial charge on any atom is -0.465 e. The number of nitrogens with zero attached hydrogens (tertiary/aromatic N) is 1. The van der Waals surface area contributed by atoms with Gasteiger partial charge >= 0.3 is 0 Å². The Kier molecular flexibility index (Phi) is 8.35. The molecule has 0 saturated heterocycles. The first-order chi connectivity index (χ1) is 10.0. The van der Waals surface area contributed by atoms with Crippen molar-refractivity contribution in [3.8, 4) is 0 Å². The summed E-state index contributed by atoms with van der Waals surface area (Å²) in [5.41, 5.74) is 0. The Balaban J connectivity index is 2.48. The molecular formula is C17H29NO3. The summed E-state index contributed by atoms with van der Waals surface area (Å²) in [5.74, 6) is 2.50. The monoisotopic (exact) mass is 295 g/mol. The van der Waals surface area contributed by atoms with Crippen molar-refractivity contribution in [1.29, 1.82) is 0 Å². The van der Waals surface area contributed by atoms with Crippen LogP contribution in [0.25, 0.3) is 0 Å². The summed E-state index contributed by atoms with van der Waals surface area (Å²) in [6.07, 6.45) is 2.29. The van der Waals surface area contributed by atoms with Gasteiger partial charge in [-0.3, -0.25) is 4.90 Å². The number of ether oxygens (including phenoxy) is 1. The number of aliphatic hydroxyl groups excluding tert-OH is 1. The van der Waals surface area contributed by atoms with Gasteiger partial charge in [0.15, 0.2) is 0 Å². The van der Waals surface area contributed by atoms with E-state index in [9.17, 15) is 5.11 Å². The number of aryl methyl sites for hydroxylation is 1. The standard InChI is InChI=1S/C17H29NO3/c1-5-10-20-13-16(19)11-18(9-8-14(2)3)12-17-7-6-15(4)21-17/h5-7,14,16,19H,1,8-13H2,2-4H3. The van der Waals surface area contributed by atoms with E-state index in [0.717, 1.165) is 31.0 Å². The Morgan fingerprint density at radius 3 is 2.76 bits per heavy atom. The highest BCUT2D eigenvalue weighted by Crippen LogP contribution is 2.12. The second-order valence-corrected chi connectivity index (χ2v) is 5.91. The van der Waals surface area contributed by atoms with Crippen LogP contribution < -0.4 is 0 Å². The molecule has 0 fully saturated rings. The van der Waals surface area contributed by atoms with E-state index in [0.29, 0.717) is 25.7 Å². The molecule has 1 unspecified atom stereocenters. The van der Waals surface area contributed by atoms with Crippen LogP contribution >= 0.6 is 0 Å². The predicted molar refractivity (Wildman–Crippen MR) is 85.2 cm³/mol. The molecule has 1 N–H and O–H groups in total. The molecule has 1 atom stereocenters. The highest BCUT2D eigenvalue weighted by atomic mass is 16.5. The zero-order valence-electron chi connectivity index (χ0n) is 13.5. The molecule has 1 aromatic heterocycles. The van der Waals surface area contributed by atoms with Crippen molar-refractivity contribution < 1.29 is 14.3 Å². The predicted octanol–water partition coefficient (Wildman–Crippen LogP) is 3.00. The van der Waals surface area contributed by atoms with Gasteiger partial charge in [-0.05, 0) is 37.9 Å². The molecule has 1 aromatic rings. The van der Waals surface area contributed by atoms with Gasteiger partial charge in [0.25, 0.3) is 0 Å². The molecule has 0 saturated carbocycles. The Morgan fingerprint density at radius 2 is 2.19 bits per heavy atom. The molecule has 1 heterocycles. The SMILES string of the molecule is C=CCOCC(O)CN(CCC(C)C)Cc1ccc(C)o1. The lowest BCUT2D eigenvalue weighted by molar-refractivity contribution is 0.0224. The van der Waals surface area contributed by atoms with Gasteiger partial charge < -0.3 is 14.3 Å². The van der Waals surface area contributed by atoms with Crippen molar-refractivity contribution >= 4 is 0 Å². The molecule has 0 aliphatic carbocycles. The van der Waals surface area contributed by atoms with E-state index in [2.05, 4.69) is 25.3 Å². The van der Waals surface area contributed by atoms with Crippen LogP contribution in [0, 0.1) is 12.8 Å². The molecule has 0 aromatic carbocycles. The molecule has 1 rings (SSSR count). The Morgan fingerprint density at radius 1 is 1.43 bits per heavy atom. The summed E-state index contributed by atoms with van der Waals surface area (Å²) in [6.45, 7) is 13.0. The second kappa shape index (κ2) is 9.77. The number of furan rings is 1. The van der Waals surface area contributed by atoms with Gasteiger partial charge in [-0.2, -0.15) is 0 Å². The number of hydrogen-bond acceptors (Lipinski definition) is 4. The third-order valence-electron chi connectivity index (χ3n) is 3.21. The van der Waals surface area contributed by atoms with E-state index < -0.39 is 6.10 Å². The van der Waals surface area contributed by atoms with Crippen molar-refractivity contribution in [2.24, 2.45) is 5.92 Å². The van der Waals surface area contributed by atoms with E-state index in [1.165, 1.54) is 0 Å². The first-order valence-electron chi connectivity index (χ1n) is 7.65. The van der Waals surface area contributed by atoms with Gasteiger partial charge in [-0.1, -0.05) is 19.9 Å². The van der Waals surface area contributed by atoms with Gasteiger partial charge in [0.2, 0.25) is 0 Å². The average molecular weight is 295 g/mol. The molecule has 21 heavy (non-hydrogen) atoms. The summed E-state index contributed by atoms with van der Waals surface area (Å²) < 4.78 is 10.9.